The Morgan fingerprint density at radius 3 is 2.38 bits per heavy atom. The number of aliphatic hydroxyl groups excluding tert-OH is 3. The first-order valence-electron chi connectivity index (χ1n) is 26.3. The molecule has 438 valence electrons. The minimum Gasteiger partial charge on any atom is -0.392 e. The molecule has 2 aromatic heterocycles. The second kappa shape index (κ2) is 24.8. The van der Waals surface area contributed by atoms with Crippen molar-refractivity contribution in [2.45, 2.75) is 149 Å². The monoisotopic (exact) mass is 1180 g/mol. The van der Waals surface area contributed by atoms with Crippen LogP contribution in [0.15, 0.2) is 24.3 Å². The Bertz CT molecular complexity index is 2710. The Morgan fingerprint density at radius 1 is 0.949 bits per heavy atom. The first kappa shape index (κ1) is 62.5. The highest BCUT2D eigenvalue weighted by molar-refractivity contribution is 8.13. The van der Waals surface area contributed by atoms with E-state index in [9.17, 15) is 67.8 Å². The molecule has 4 aliphatic carbocycles. The van der Waals surface area contributed by atoms with Crippen LogP contribution in [0.1, 0.15) is 118 Å². The van der Waals surface area contributed by atoms with E-state index in [-0.39, 0.29) is 64.0 Å². The van der Waals surface area contributed by atoms with Crippen molar-refractivity contribution in [2.75, 3.05) is 37.8 Å². The van der Waals surface area contributed by atoms with Crippen molar-refractivity contribution in [1.29, 1.82) is 0 Å². The second-order valence-electron chi connectivity index (χ2n) is 22.8. The van der Waals surface area contributed by atoms with Gasteiger partial charge in [-0.1, -0.05) is 58.9 Å². The van der Waals surface area contributed by atoms with E-state index in [1.54, 1.807) is 6.92 Å². The molecule has 3 saturated carbocycles. The lowest BCUT2D eigenvalue weighted by Gasteiger charge is -2.58. The molecule has 2 amide bonds. The van der Waals surface area contributed by atoms with Crippen LogP contribution in [0, 0.1) is 51.8 Å². The number of ketones is 1. The lowest BCUT2D eigenvalue weighted by Crippen LogP contribution is -2.51. The number of rotatable bonds is 25. The fourth-order valence-electron chi connectivity index (χ4n) is 13.0. The molecular weight excluding hydrogens is 1100 g/mol. The largest absolute Gasteiger partial charge is 0.481 e. The number of amides is 2. The molecule has 1 saturated heterocycles. The van der Waals surface area contributed by atoms with Crippen LogP contribution in [-0.2, 0) is 55.5 Å². The molecule has 3 heterocycles. The number of fused-ring (bicyclic) bond motifs is 6. The standard InChI is InChI=1S/C48H76N7O19P3S/c1-26(31-10-11-32-30-9-8-28-21-29(56)13-16-47(28,5)33(30)14-17-48(31,32)6)7-12-34(57)27(2)45(62)78-20-19-50-36(58)15-18-51-43(61)40(60)46(3,4)23-71-77(68,69)74-76(66,67)70-22-35-39(73-75(63,64)65)38(59)44(72-35)55-25-54-37-41(49)52-24-53-42(37)55/h21,24-27,30-35,38-40,44,57,59-60H,7-20,22-23H2,1-6H3,(H,50,58)(H,51,61)(H,66,67)(H,68,69)(H2,49,52,53)(H2,63,64,65)/t26-,27?,30+,31-,32+,33+,34?,35-,38-,39-,40+,44-,47+,48-/m1/s1. The number of carbonyl (C=O) groups is 4. The van der Waals surface area contributed by atoms with Crippen LogP contribution in [0.4, 0.5) is 5.82 Å². The zero-order chi connectivity index (χ0) is 57.3. The smallest absolute Gasteiger partial charge is 0.392 e. The highest BCUT2D eigenvalue weighted by Gasteiger charge is 2.59. The predicted octanol–water partition coefficient (Wildman–Crippen LogP) is 4.23. The van der Waals surface area contributed by atoms with Gasteiger partial charge in [0.1, 0.15) is 36.3 Å². The summed E-state index contributed by atoms with van der Waals surface area (Å²) in [5, 5.41) is 37.7. The van der Waals surface area contributed by atoms with Gasteiger partial charge in [0.15, 0.2) is 28.6 Å². The maximum absolute atomic E-state index is 13.1. The third kappa shape index (κ3) is 14.4. The number of allylic oxidation sites excluding steroid dienone is 1. The summed E-state index contributed by atoms with van der Waals surface area (Å²) in [6, 6.07) is 0. The highest BCUT2D eigenvalue weighted by Crippen LogP contribution is 2.68. The van der Waals surface area contributed by atoms with Gasteiger partial charge in [-0.3, -0.25) is 37.3 Å². The summed E-state index contributed by atoms with van der Waals surface area (Å²) in [6.07, 6.45) is 4.04. The molecule has 11 N–H and O–H groups in total. The number of phosphoric ester groups is 3. The molecule has 16 atom stereocenters. The van der Waals surface area contributed by atoms with Gasteiger partial charge in [-0.2, -0.15) is 4.31 Å². The third-order valence-electron chi connectivity index (χ3n) is 17.3. The van der Waals surface area contributed by atoms with Crippen molar-refractivity contribution in [3.8, 4) is 0 Å². The van der Waals surface area contributed by atoms with Crippen LogP contribution >= 0.6 is 35.2 Å². The maximum Gasteiger partial charge on any atom is 0.481 e. The topological polar surface area (TPSA) is 401 Å². The molecule has 1 aliphatic heterocycles. The molecule has 0 bridgehead atoms. The van der Waals surface area contributed by atoms with Crippen molar-refractivity contribution >= 4 is 74.9 Å². The fraction of sp³-hybridized carbons (Fsp3) is 0.771. The number of hydrogen-bond acceptors (Lipinski definition) is 20. The zero-order valence-corrected chi connectivity index (χ0v) is 48.1. The summed E-state index contributed by atoms with van der Waals surface area (Å²) in [4.78, 5) is 102. The van der Waals surface area contributed by atoms with Crippen LogP contribution in [0.5, 0.6) is 0 Å². The van der Waals surface area contributed by atoms with E-state index in [0.717, 1.165) is 54.7 Å². The number of nitrogens with two attached hydrogens (primary N) is 1. The summed E-state index contributed by atoms with van der Waals surface area (Å²) >= 11 is 1.02. The molecule has 0 aromatic carbocycles. The Kier molecular flexibility index (Phi) is 19.9. The average Bonchev–Trinajstić information content (AvgIpc) is 4.17. The molecule has 4 fully saturated rings. The molecule has 2 aromatic rings. The predicted molar refractivity (Wildman–Crippen MR) is 281 cm³/mol. The van der Waals surface area contributed by atoms with E-state index in [1.165, 1.54) is 45.1 Å². The zero-order valence-electron chi connectivity index (χ0n) is 44.6. The number of nitrogen functional groups attached to an aromatic ring is 1. The maximum atomic E-state index is 13.1. The Balaban J connectivity index is 0.772. The van der Waals surface area contributed by atoms with Gasteiger partial charge in [0.2, 0.25) is 11.8 Å². The summed E-state index contributed by atoms with van der Waals surface area (Å²) < 4.78 is 62.8. The van der Waals surface area contributed by atoms with E-state index in [4.69, 9.17) is 19.5 Å². The molecule has 0 radical (unpaired) electrons. The Labute approximate surface area is 456 Å². The van der Waals surface area contributed by atoms with E-state index in [2.05, 4.69) is 55.2 Å². The Hall–Kier alpha value is -3.07. The average molecular weight is 1180 g/mol. The number of nitrogens with zero attached hydrogens (tertiary/aromatic N) is 4. The van der Waals surface area contributed by atoms with Gasteiger partial charge in [0.25, 0.3) is 0 Å². The number of imidazole rings is 1. The lowest BCUT2D eigenvalue weighted by molar-refractivity contribution is -0.137. The number of hydrogen-bond donors (Lipinski definition) is 10. The minimum absolute atomic E-state index is 0.0255. The van der Waals surface area contributed by atoms with Crippen LogP contribution in [0.3, 0.4) is 0 Å². The molecule has 30 heteroatoms. The number of anilines is 1. The van der Waals surface area contributed by atoms with Crippen molar-refractivity contribution in [1.82, 2.24) is 30.2 Å². The molecule has 4 unspecified atom stereocenters. The van der Waals surface area contributed by atoms with E-state index >= 15 is 0 Å². The SMILES string of the molecule is CC(C(=O)SCCNC(=O)CCNC(=O)[C@H](O)C(C)(C)COP(=O)(O)OP(=O)(O)OC[C@H]1O[C@@H](n2cnc3c(N)ncnc32)[C@H](O)[C@@H]1OP(=O)(O)O)C(O)CC[C@@H](C)[C@H]1CC[C@H]2[C@@H]3CCC4=CC(=O)CC[C@]4(C)[C@H]3CC[C@]12C. The molecule has 7 rings (SSSR count). The normalized spacial score (nSPS) is 31.4. The van der Waals surface area contributed by atoms with Gasteiger partial charge in [0.05, 0.1) is 31.6 Å². The summed E-state index contributed by atoms with van der Waals surface area (Å²) in [7, 11) is -16.5. The van der Waals surface area contributed by atoms with Crippen LogP contribution in [0.25, 0.3) is 11.2 Å². The highest BCUT2D eigenvalue weighted by atomic mass is 32.2. The summed E-state index contributed by atoms with van der Waals surface area (Å²) in [6.45, 7) is 9.28. The van der Waals surface area contributed by atoms with E-state index in [1.807, 2.05) is 6.08 Å². The number of thioether (sulfide) groups is 1. The van der Waals surface area contributed by atoms with Gasteiger partial charge >= 0.3 is 23.5 Å². The van der Waals surface area contributed by atoms with Crippen LogP contribution in [0.2, 0.25) is 0 Å². The number of ether oxygens (including phenoxy) is 1. The Morgan fingerprint density at radius 2 is 1.67 bits per heavy atom. The fourth-order valence-corrected chi connectivity index (χ4v) is 16.6. The summed E-state index contributed by atoms with van der Waals surface area (Å²) in [5.74, 6) is 1.34. The molecular formula is C48H76N7O19P3S. The first-order chi connectivity index (χ1) is 36.4. The number of phosphoric acid groups is 3. The molecule has 78 heavy (non-hydrogen) atoms. The quantitative estimate of drug-likeness (QED) is 0.0491. The van der Waals surface area contributed by atoms with Crippen molar-refractivity contribution in [3.63, 3.8) is 0 Å². The van der Waals surface area contributed by atoms with Crippen LogP contribution in [-0.4, -0.2) is 140 Å². The third-order valence-corrected chi connectivity index (χ3v) is 21.5. The van der Waals surface area contributed by atoms with Gasteiger partial charge in [-0.25, -0.2) is 28.6 Å². The molecule has 5 aliphatic rings. The first-order valence-corrected chi connectivity index (χ1v) is 31.8. The molecule has 26 nitrogen and oxygen atoms in total. The van der Waals surface area contributed by atoms with Crippen molar-refractivity contribution in [2.24, 2.45) is 51.8 Å². The molecule has 0 spiro atoms. The number of aromatic nitrogens is 4. The summed E-state index contributed by atoms with van der Waals surface area (Å²) in [5.41, 5.74) is 6.02. The van der Waals surface area contributed by atoms with E-state index < -0.39 is 96.6 Å². The number of nitrogens with one attached hydrogen (secondary N) is 2. The lowest BCUT2D eigenvalue weighted by atomic mass is 9.46. The minimum atomic E-state index is -5.60. The van der Waals surface area contributed by atoms with Gasteiger partial charge in [0, 0.05) is 37.1 Å². The van der Waals surface area contributed by atoms with Gasteiger partial charge < -0.3 is 56.0 Å². The van der Waals surface area contributed by atoms with Gasteiger partial charge in [-0.15, -0.1) is 0 Å². The van der Waals surface area contributed by atoms with Gasteiger partial charge in [-0.05, 0) is 104 Å². The second-order valence-corrected chi connectivity index (χ2v) is 28.2. The van der Waals surface area contributed by atoms with Crippen molar-refractivity contribution in [3.05, 3.63) is 24.3 Å². The van der Waals surface area contributed by atoms with Crippen molar-refractivity contribution < 1.29 is 90.4 Å². The van der Waals surface area contributed by atoms with Crippen LogP contribution < -0.4 is 16.4 Å². The number of aliphatic hydroxyl groups is 3. The van der Waals surface area contributed by atoms with E-state index in [0.29, 0.717) is 42.4 Å². The number of carbonyl (C=O) groups excluding carboxylic acids is 4.